The molecule has 2 N–H and O–H groups in total. The van der Waals surface area contributed by atoms with E-state index in [0.717, 1.165) is 25.7 Å². The Morgan fingerprint density at radius 1 is 0.972 bits per heavy atom. The summed E-state index contributed by atoms with van der Waals surface area (Å²) in [4.78, 5) is 11.5. The summed E-state index contributed by atoms with van der Waals surface area (Å²) >= 11 is 0. The number of allylic oxidation sites excluding steroid dienone is 2. The molecule has 0 bridgehead atoms. The summed E-state index contributed by atoms with van der Waals surface area (Å²) in [7, 11) is 0. The second-order valence-electron chi connectivity index (χ2n) is 11.1. The van der Waals surface area contributed by atoms with E-state index in [2.05, 4.69) is 19.1 Å². The van der Waals surface area contributed by atoms with Crippen molar-refractivity contribution in [3.8, 4) is 0 Å². The zero-order chi connectivity index (χ0) is 25.6. The normalized spacial score (nSPS) is 30.7. The molecule has 0 radical (unpaired) electrons. The number of hydrogen-bond acceptors (Lipinski definition) is 6. The van der Waals surface area contributed by atoms with Gasteiger partial charge in [0, 0.05) is 18.9 Å². The fourth-order valence-corrected chi connectivity index (χ4v) is 5.86. The van der Waals surface area contributed by atoms with E-state index >= 15 is 0 Å². The molecule has 0 aromatic rings. The van der Waals surface area contributed by atoms with Gasteiger partial charge in [0.15, 0.2) is 5.79 Å². The summed E-state index contributed by atoms with van der Waals surface area (Å²) in [6.07, 6.45) is 24.9. The minimum atomic E-state index is -0.932. The molecular formula is C30H50O6. The van der Waals surface area contributed by atoms with Gasteiger partial charge < -0.3 is 24.4 Å². The van der Waals surface area contributed by atoms with Crippen molar-refractivity contribution in [3.05, 3.63) is 24.3 Å². The van der Waals surface area contributed by atoms with Gasteiger partial charge in [-0.15, -0.1) is 0 Å². The second kappa shape index (κ2) is 15.9. The van der Waals surface area contributed by atoms with E-state index in [1.165, 1.54) is 70.3 Å². The van der Waals surface area contributed by atoms with Gasteiger partial charge in [0.05, 0.1) is 18.3 Å². The van der Waals surface area contributed by atoms with Gasteiger partial charge in [-0.05, 0) is 44.6 Å². The molecule has 3 aliphatic rings. The number of unbranched alkanes of at least 4 members (excludes halogenated alkanes) is 11. The van der Waals surface area contributed by atoms with E-state index in [1.807, 2.05) is 0 Å². The first-order chi connectivity index (χ1) is 17.5. The van der Waals surface area contributed by atoms with Crippen molar-refractivity contribution >= 4 is 5.97 Å². The SMILES string of the molecule is CC/C=C\CCCCCCCCCCCCC[C@H](O)C[C@H]1C[C@H](O)C[C@@]2(C[C@@H]3OC(=O)C=C[C@@H]3O2)O1. The van der Waals surface area contributed by atoms with Crippen molar-refractivity contribution < 1.29 is 29.2 Å². The maximum Gasteiger partial charge on any atom is 0.330 e. The molecule has 6 heteroatoms. The predicted octanol–water partition coefficient (Wildman–Crippen LogP) is 6.28. The first-order valence-electron chi connectivity index (χ1n) is 14.8. The molecule has 0 amide bonds. The Balaban J connectivity index is 1.19. The Hall–Kier alpha value is -1.21. The fourth-order valence-electron chi connectivity index (χ4n) is 5.86. The minimum Gasteiger partial charge on any atom is -0.456 e. The summed E-state index contributed by atoms with van der Waals surface area (Å²) in [5.74, 6) is -1.29. The summed E-state index contributed by atoms with van der Waals surface area (Å²) in [6.45, 7) is 2.19. The van der Waals surface area contributed by atoms with Crippen molar-refractivity contribution in [1.82, 2.24) is 0 Å². The smallest absolute Gasteiger partial charge is 0.330 e. The number of carbonyl (C=O) groups is 1. The number of aliphatic hydroxyl groups excluding tert-OH is 2. The van der Waals surface area contributed by atoms with Gasteiger partial charge in [0.25, 0.3) is 0 Å². The molecule has 3 rings (SSSR count). The molecule has 206 valence electrons. The van der Waals surface area contributed by atoms with Gasteiger partial charge in [-0.2, -0.15) is 0 Å². The highest BCUT2D eigenvalue weighted by atomic mass is 16.7. The number of aliphatic hydroxyl groups is 2. The van der Waals surface area contributed by atoms with Gasteiger partial charge in [0.1, 0.15) is 12.2 Å². The van der Waals surface area contributed by atoms with Crippen LogP contribution in [0, 0.1) is 0 Å². The molecule has 0 saturated carbocycles. The van der Waals surface area contributed by atoms with Gasteiger partial charge >= 0.3 is 5.97 Å². The first-order valence-corrected chi connectivity index (χ1v) is 14.8. The zero-order valence-corrected chi connectivity index (χ0v) is 22.5. The topological polar surface area (TPSA) is 85.2 Å². The average molecular weight is 507 g/mol. The number of fused-ring (bicyclic) bond motifs is 1. The van der Waals surface area contributed by atoms with Crippen LogP contribution >= 0.6 is 0 Å². The number of rotatable bonds is 17. The molecule has 0 unspecified atom stereocenters. The third-order valence-electron chi connectivity index (χ3n) is 7.73. The third-order valence-corrected chi connectivity index (χ3v) is 7.73. The van der Waals surface area contributed by atoms with Crippen molar-refractivity contribution in [1.29, 1.82) is 0 Å². The lowest BCUT2D eigenvalue weighted by molar-refractivity contribution is -0.285. The molecule has 0 aromatic heterocycles. The van der Waals surface area contributed by atoms with Crippen LogP contribution in [0.2, 0.25) is 0 Å². The lowest BCUT2D eigenvalue weighted by atomic mass is 9.92. The van der Waals surface area contributed by atoms with Crippen LogP contribution in [-0.2, 0) is 19.0 Å². The van der Waals surface area contributed by atoms with Crippen LogP contribution in [0.25, 0.3) is 0 Å². The molecule has 6 nitrogen and oxygen atoms in total. The van der Waals surface area contributed by atoms with Crippen molar-refractivity contribution in [2.75, 3.05) is 0 Å². The van der Waals surface area contributed by atoms with Crippen LogP contribution in [0.15, 0.2) is 24.3 Å². The largest absolute Gasteiger partial charge is 0.456 e. The molecule has 6 atom stereocenters. The summed E-state index contributed by atoms with van der Waals surface area (Å²) in [6, 6.07) is 0. The summed E-state index contributed by atoms with van der Waals surface area (Å²) in [5, 5.41) is 21.0. The highest BCUT2D eigenvalue weighted by molar-refractivity contribution is 5.83. The van der Waals surface area contributed by atoms with Gasteiger partial charge in [0.2, 0.25) is 0 Å². The molecule has 3 aliphatic heterocycles. The van der Waals surface area contributed by atoms with Crippen LogP contribution in [0.4, 0.5) is 0 Å². The van der Waals surface area contributed by atoms with Gasteiger partial charge in [-0.25, -0.2) is 4.79 Å². The number of ether oxygens (including phenoxy) is 3. The second-order valence-corrected chi connectivity index (χ2v) is 11.1. The monoisotopic (exact) mass is 506 g/mol. The Morgan fingerprint density at radius 2 is 1.64 bits per heavy atom. The average Bonchev–Trinajstić information content (AvgIpc) is 3.16. The Labute approximate surface area is 218 Å². The predicted molar refractivity (Wildman–Crippen MR) is 141 cm³/mol. The molecule has 2 saturated heterocycles. The lowest BCUT2D eigenvalue weighted by Gasteiger charge is -2.40. The Kier molecular flexibility index (Phi) is 13.0. The van der Waals surface area contributed by atoms with E-state index < -0.39 is 18.0 Å². The van der Waals surface area contributed by atoms with Crippen LogP contribution in [0.3, 0.4) is 0 Å². The summed E-state index contributed by atoms with van der Waals surface area (Å²) < 4.78 is 17.7. The first kappa shape index (κ1) is 29.3. The molecule has 3 heterocycles. The quantitative estimate of drug-likeness (QED) is 0.137. The molecule has 2 fully saturated rings. The Bertz CT molecular complexity index is 691. The van der Waals surface area contributed by atoms with E-state index in [1.54, 1.807) is 6.08 Å². The van der Waals surface area contributed by atoms with Crippen LogP contribution in [-0.4, -0.2) is 52.5 Å². The fraction of sp³-hybridized carbons (Fsp3) is 0.833. The van der Waals surface area contributed by atoms with Crippen molar-refractivity contribution in [2.45, 2.75) is 159 Å². The van der Waals surface area contributed by atoms with Crippen LogP contribution in [0.1, 0.15) is 122 Å². The highest BCUT2D eigenvalue weighted by Gasteiger charge is 2.53. The maximum absolute atomic E-state index is 11.5. The minimum absolute atomic E-state index is 0.253. The maximum atomic E-state index is 11.5. The standard InChI is InChI=1S/C30H50O6/c1-2-3-4-5-6-7-8-9-10-11-12-13-14-15-16-17-24(31)20-26-21-25(32)22-30(35-26)23-28-27(36-30)18-19-29(33)34-28/h3-4,18-19,24-28,31-32H,2,5-17,20-23H2,1H3/b4-3-/t24-,25-,26-,27-,28-,30+/m0/s1. The molecule has 0 aliphatic carbocycles. The molecule has 36 heavy (non-hydrogen) atoms. The molecule has 0 aromatic carbocycles. The van der Waals surface area contributed by atoms with E-state index in [9.17, 15) is 15.0 Å². The number of hydrogen-bond donors (Lipinski definition) is 2. The van der Waals surface area contributed by atoms with Crippen LogP contribution in [0.5, 0.6) is 0 Å². The summed E-state index contributed by atoms with van der Waals surface area (Å²) in [5.41, 5.74) is 0. The highest BCUT2D eigenvalue weighted by Crippen LogP contribution is 2.44. The van der Waals surface area contributed by atoms with E-state index in [-0.39, 0.29) is 24.3 Å². The van der Waals surface area contributed by atoms with Crippen LogP contribution < -0.4 is 0 Å². The van der Waals surface area contributed by atoms with Gasteiger partial charge in [-0.3, -0.25) is 0 Å². The van der Waals surface area contributed by atoms with Crippen molar-refractivity contribution in [3.63, 3.8) is 0 Å². The van der Waals surface area contributed by atoms with Crippen molar-refractivity contribution in [2.24, 2.45) is 0 Å². The number of carbonyl (C=O) groups excluding carboxylic acids is 1. The van der Waals surface area contributed by atoms with E-state index in [4.69, 9.17) is 14.2 Å². The molecule has 1 spiro atoms. The molecular weight excluding hydrogens is 456 g/mol. The van der Waals surface area contributed by atoms with E-state index in [0.29, 0.717) is 25.7 Å². The Morgan fingerprint density at radius 3 is 2.33 bits per heavy atom. The lowest BCUT2D eigenvalue weighted by Crippen LogP contribution is -2.47. The number of esters is 1. The zero-order valence-electron chi connectivity index (χ0n) is 22.5. The van der Waals surface area contributed by atoms with Gasteiger partial charge in [-0.1, -0.05) is 83.3 Å². The third kappa shape index (κ3) is 10.3.